The Hall–Kier alpha value is -0.990. The summed E-state index contributed by atoms with van der Waals surface area (Å²) in [6, 6.07) is 5.25. The molecule has 0 heterocycles. The van der Waals surface area contributed by atoms with E-state index >= 15 is 0 Å². The zero-order valence-electron chi connectivity index (χ0n) is 10.5. The largest absolute Gasteiger partial charge is 0.353 e. The Morgan fingerprint density at radius 1 is 1.33 bits per heavy atom. The van der Waals surface area contributed by atoms with Gasteiger partial charge in [0.05, 0.1) is 0 Å². The molecule has 0 spiro atoms. The van der Waals surface area contributed by atoms with Crippen LogP contribution in [-0.4, -0.2) is 12.5 Å². The molecule has 0 saturated heterocycles. The summed E-state index contributed by atoms with van der Waals surface area (Å²) in [5.74, 6) is 0.443. The average molecular weight is 286 g/mol. The maximum absolute atomic E-state index is 11.5. The Kier molecular flexibility index (Phi) is 6.23. The van der Waals surface area contributed by atoms with Crippen LogP contribution in [-0.2, 0) is 4.79 Å². The molecule has 0 bridgehead atoms. The SMILES string of the molecule is CC(C)CCNC(=O)/C=C\c1c(Cl)cccc1Cl. The molecule has 0 aliphatic carbocycles. The number of hydrogen-bond acceptors (Lipinski definition) is 1. The molecule has 18 heavy (non-hydrogen) atoms. The first-order valence-electron chi connectivity index (χ1n) is 5.90. The fourth-order valence-corrected chi connectivity index (χ4v) is 1.90. The van der Waals surface area contributed by atoms with E-state index in [2.05, 4.69) is 19.2 Å². The van der Waals surface area contributed by atoms with Crippen LogP contribution in [0.3, 0.4) is 0 Å². The van der Waals surface area contributed by atoms with Gasteiger partial charge in [-0.3, -0.25) is 4.79 Å². The maximum Gasteiger partial charge on any atom is 0.244 e. The molecule has 98 valence electrons. The van der Waals surface area contributed by atoms with Gasteiger partial charge in [-0.25, -0.2) is 0 Å². The molecular weight excluding hydrogens is 269 g/mol. The molecule has 0 aliphatic heterocycles. The van der Waals surface area contributed by atoms with Crippen LogP contribution in [0.5, 0.6) is 0 Å². The Bertz CT molecular complexity index is 421. The molecule has 0 atom stereocenters. The Morgan fingerprint density at radius 2 is 1.94 bits per heavy atom. The van der Waals surface area contributed by atoms with Crippen molar-refractivity contribution in [2.24, 2.45) is 5.92 Å². The zero-order valence-corrected chi connectivity index (χ0v) is 12.1. The summed E-state index contributed by atoms with van der Waals surface area (Å²) >= 11 is 12.0. The van der Waals surface area contributed by atoms with Crippen LogP contribution in [0.4, 0.5) is 0 Å². The molecular formula is C14H17Cl2NO. The van der Waals surface area contributed by atoms with Crippen molar-refractivity contribution in [3.8, 4) is 0 Å². The summed E-state index contributed by atoms with van der Waals surface area (Å²) in [7, 11) is 0. The van der Waals surface area contributed by atoms with E-state index in [4.69, 9.17) is 23.2 Å². The minimum Gasteiger partial charge on any atom is -0.353 e. The Morgan fingerprint density at radius 3 is 2.50 bits per heavy atom. The van der Waals surface area contributed by atoms with Crippen LogP contribution < -0.4 is 5.32 Å². The van der Waals surface area contributed by atoms with Crippen molar-refractivity contribution >= 4 is 35.2 Å². The van der Waals surface area contributed by atoms with Gasteiger partial charge in [0.1, 0.15) is 0 Å². The Labute approximate surface area is 118 Å². The summed E-state index contributed by atoms with van der Waals surface area (Å²) in [4.78, 5) is 11.5. The normalized spacial score (nSPS) is 11.2. The smallest absolute Gasteiger partial charge is 0.244 e. The van der Waals surface area contributed by atoms with Crippen molar-refractivity contribution in [3.05, 3.63) is 39.9 Å². The van der Waals surface area contributed by atoms with E-state index in [9.17, 15) is 4.79 Å². The van der Waals surface area contributed by atoms with E-state index < -0.39 is 0 Å². The van der Waals surface area contributed by atoms with Gasteiger partial charge in [-0.1, -0.05) is 43.1 Å². The quantitative estimate of drug-likeness (QED) is 0.809. The first-order chi connectivity index (χ1) is 8.50. The summed E-state index contributed by atoms with van der Waals surface area (Å²) in [5, 5.41) is 3.88. The fraction of sp³-hybridized carbons (Fsp3) is 0.357. The van der Waals surface area contributed by atoms with Crippen LogP contribution in [0.1, 0.15) is 25.8 Å². The van der Waals surface area contributed by atoms with Crippen molar-refractivity contribution < 1.29 is 4.79 Å². The maximum atomic E-state index is 11.5. The van der Waals surface area contributed by atoms with Crippen molar-refractivity contribution in [2.45, 2.75) is 20.3 Å². The molecule has 0 aliphatic rings. The van der Waals surface area contributed by atoms with Crippen molar-refractivity contribution in [1.29, 1.82) is 0 Å². The molecule has 0 saturated carbocycles. The predicted octanol–water partition coefficient (Wildman–Crippen LogP) is 4.17. The highest BCUT2D eigenvalue weighted by Crippen LogP contribution is 2.25. The van der Waals surface area contributed by atoms with Crippen molar-refractivity contribution in [1.82, 2.24) is 5.32 Å². The lowest BCUT2D eigenvalue weighted by atomic mass is 10.1. The molecule has 1 amide bonds. The van der Waals surface area contributed by atoms with Gasteiger partial charge >= 0.3 is 0 Å². The average Bonchev–Trinajstić information content (AvgIpc) is 2.27. The summed E-state index contributed by atoms with van der Waals surface area (Å²) in [6.07, 6.45) is 4.05. The van der Waals surface area contributed by atoms with E-state index in [1.807, 2.05) is 0 Å². The van der Waals surface area contributed by atoms with Crippen LogP contribution in [0.25, 0.3) is 6.08 Å². The molecule has 2 nitrogen and oxygen atoms in total. The molecule has 0 radical (unpaired) electrons. The first-order valence-corrected chi connectivity index (χ1v) is 6.66. The second-order valence-corrected chi connectivity index (χ2v) is 5.26. The second kappa shape index (κ2) is 7.45. The summed E-state index contributed by atoms with van der Waals surface area (Å²) in [5.41, 5.74) is 0.667. The van der Waals surface area contributed by atoms with Gasteiger partial charge in [-0.15, -0.1) is 0 Å². The van der Waals surface area contributed by atoms with Crippen LogP contribution >= 0.6 is 23.2 Å². The van der Waals surface area contributed by atoms with Gasteiger partial charge in [0.15, 0.2) is 0 Å². The summed E-state index contributed by atoms with van der Waals surface area (Å²) in [6.45, 7) is 4.91. The number of hydrogen-bond donors (Lipinski definition) is 1. The van der Waals surface area contributed by atoms with Gasteiger partial charge in [-0.05, 0) is 30.5 Å². The predicted molar refractivity (Wildman–Crippen MR) is 78.0 cm³/mol. The minimum absolute atomic E-state index is 0.133. The number of halogens is 2. The fourth-order valence-electron chi connectivity index (χ4n) is 1.37. The van der Waals surface area contributed by atoms with Crippen LogP contribution in [0, 0.1) is 5.92 Å². The van der Waals surface area contributed by atoms with Gasteiger partial charge in [0.2, 0.25) is 5.91 Å². The van der Waals surface area contributed by atoms with Gasteiger partial charge in [0.25, 0.3) is 0 Å². The van der Waals surface area contributed by atoms with E-state index in [-0.39, 0.29) is 5.91 Å². The van der Waals surface area contributed by atoms with Gasteiger partial charge in [-0.2, -0.15) is 0 Å². The van der Waals surface area contributed by atoms with Crippen molar-refractivity contribution in [3.63, 3.8) is 0 Å². The second-order valence-electron chi connectivity index (χ2n) is 4.44. The van der Waals surface area contributed by atoms with Gasteiger partial charge < -0.3 is 5.32 Å². The van der Waals surface area contributed by atoms with E-state index in [0.29, 0.717) is 28.1 Å². The number of amides is 1. The molecule has 0 aromatic heterocycles. The topological polar surface area (TPSA) is 29.1 Å². The van der Waals surface area contributed by atoms with Gasteiger partial charge in [0, 0.05) is 28.2 Å². The van der Waals surface area contributed by atoms with E-state index in [1.54, 1.807) is 24.3 Å². The third-order valence-corrected chi connectivity index (χ3v) is 3.08. The molecule has 1 aromatic rings. The number of carbonyl (C=O) groups excluding carboxylic acids is 1. The minimum atomic E-state index is -0.133. The molecule has 1 rings (SSSR count). The highest BCUT2D eigenvalue weighted by molar-refractivity contribution is 6.37. The lowest BCUT2D eigenvalue weighted by molar-refractivity contribution is -0.116. The lowest BCUT2D eigenvalue weighted by Crippen LogP contribution is -2.23. The molecule has 1 N–H and O–H groups in total. The van der Waals surface area contributed by atoms with E-state index in [0.717, 1.165) is 6.42 Å². The van der Waals surface area contributed by atoms with Crippen LogP contribution in [0.2, 0.25) is 10.0 Å². The molecule has 4 heteroatoms. The highest BCUT2D eigenvalue weighted by atomic mass is 35.5. The third kappa shape index (κ3) is 5.11. The number of rotatable bonds is 5. The third-order valence-electron chi connectivity index (χ3n) is 2.42. The number of nitrogens with one attached hydrogen (secondary N) is 1. The van der Waals surface area contributed by atoms with Crippen LogP contribution in [0.15, 0.2) is 24.3 Å². The number of benzene rings is 1. The first kappa shape index (κ1) is 15.1. The summed E-state index contributed by atoms with van der Waals surface area (Å²) < 4.78 is 0. The molecule has 0 unspecified atom stereocenters. The lowest BCUT2D eigenvalue weighted by Gasteiger charge is -2.05. The molecule has 1 aromatic carbocycles. The van der Waals surface area contributed by atoms with Crippen molar-refractivity contribution in [2.75, 3.05) is 6.54 Å². The number of carbonyl (C=O) groups is 1. The Balaban J connectivity index is 2.56. The molecule has 0 fully saturated rings. The standard InChI is InChI=1S/C14H17Cl2NO/c1-10(2)8-9-17-14(18)7-6-11-12(15)4-3-5-13(11)16/h3-7,10H,8-9H2,1-2H3,(H,17,18)/b7-6-. The highest BCUT2D eigenvalue weighted by Gasteiger charge is 2.02. The van der Waals surface area contributed by atoms with E-state index in [1.165, 1.54) is 6.08 Å². The monoisotopic (exact) mass is 285 g/mol. The zero-order chi connectivity index (χ0) is 13.5.